The lowest BCUT2D eigenvalue weighted by Gasteiger charge is -2.35. The molecule has 2 aromatic heterocycles. The highest BCUT2D eigenvalue weighted by Crippen LogP contribution is 2.29. The average molecular weight is 272 g/mol. The smallest absolute Gasteiger partial charge is 0.182 e. The summed E-state index contributed by atoms with van der Waals surface area (Å²) in [6, 6.07) is 0.745. The largest absolute Gasteiger partial charge is 0.355 e. The van der Waals surface area contributed by atoms with Gasteiger partial charge in [-0.1, -0.05) is 0 Å². The normalized spacial score (nSPS) is 24.6. The van der Waals surface area contributed by atoms with Gasteiger partial charge in [0.25, 0.3) is 0 Å². The Balaban J connectivity index is 1.50. The first kappa shape index (κ1) is 12.1. The van der Waals surface area contributed by atoms with Gasteiger partial charge < -0.3 is 15.2 Å². The van der Waals surface area contributed by atoms with Crippen LogP contribution in [-0.2, 0) is 0 Å². The summed E-state index contributed by atoms with van der Waals surface area (Å²) >= 11 is 0. The quantitative estimate of drug-likeness (QED) is 0.863. The molecule has 1 unspecified atom stereocenters. The molecule has 0 saturated carbocycles. The number of H-pyrrole nitrogens is 1. The molecule has 1 atom stereocenters. The third-order valence-corrected chi connectivity index (χ3v) is 4.71. The lowest BCUT2D eigenvalue weighted by molar-refractivity contribution is 0.318. The average Bonchev–Trinajstić information content (AvgIpc) is 3.18. The van der Waals surface area contributed by atoms with Crippen LogP contribution in [0.2, 0.25) is 0 Å². The summed E-state index contributed by atoms with van der Waals surface area (Å²) in [5, 5.41) is 3.65. The number of fused-ring (bicyclic) bond motifs is 1. The van der Waals surface area contributed by atoms with Crippen LogP contribution in [0.15, 0.2) is 12.7 Å². The first-order valence-corrected chi connectivity index (χ1v) is 7.54. The SMILES string of the molecule is c1nc(N2CCC(C3CCCN3)CC2)c2[nH]cnc2n1. The Kier molecular flexibility index (Phi) is 3.03. The highest BCUT2D eigenvalue weighted by atomic mass is 15.2. The summed E-state index contributed by atoms with van der Waals surface area (Å²) in [7, 11) is 0. The number of nitrogens with zero attached hydrogens (tertiary/aromatic N) is 4. The zero-order chi connectivity index (χ0) is 13.4. The van der Waals surface area contributed by atoms with Crippen LogP contribution < -0.4 is 10.2 Å². The summed E-state index contributed by atoms with van der Waals surface area (Å²) in [5.41, 5.74) is 1.72. The minimum atomic E-state index is 0.745. The minimum Gasteiger partial charge on any atom is -0.355 e. The lowest BCUT2D eigenvalue weighted by Crippen LogP contribution is -2.41. The van der Waals surface area contributed by atoms with Gasteiger partial charge in [-0.3, -0.25) is 0 Å². The zero-order valence-electron chi connectivity index (χ0n) is 11.5. The fraction of sp³-hybridized carbons (Fsp3) is 0.643. The minimum absolute atomic E-state index is 0.745. The number of anilines is 1. The fourth-order valence-electron chi connectivity index (χ4n) is 3.62. The van der Waals surface area contributed by atoms with Crippen molar-refractivity contribution in [3.05, 3.63) is 12.7 Å². The number of aromatic nitrogens is 4. The standard InChI is InChI=1S/C14H20N6/c1-2-11(15-5-1)10-3-6-20(7-4-10)14-12-13(17-8-16-12)18-9-19-14/h8-11,15H,1-7H2,(H,16,17,18,19). The monoisotopic (exact) mass is 272 g/mol. The van der Waals surface area contributed by atoms with Crippen molar-refractivity contribution in [2.75, 3.05) is 24.5 Å². The lowest BCUT2D eigenvalue weighted by atomic mass is 9.88. The second-order valence-corrected chi connectivity index (χ2v) is 5.83. The number of hydrogen-bond donors (Lipinski definition) is 2. The molecule has 2 aliphatic rings. The molecule has 6 heteroatoms. The van der Waals surface area contributed by atoms with Gasteiger partial charge in [0, 0.05) is 19.1 Å². The predicted molar refractivity (Wildman–Crippen MR) is 77.6 cm³/mol. The molecule has 0 radical (unpaired) electrons. The van der Waals surface area contributed by atoms with Crippen LogP contribution in [0.5, 0.6) is 0 Å². The molecule has 6 nitrogen and oxygen atoms in total. The molecule has 106 valence electrons. The molecule has 2 saturated heterocycles. The number of rotatable bonds is 2. The second kappa shape index (κ2) is 5.01. The van der Waals surface area contributed by atoms with E-state index in [1.54, 1.807) is 12.7 Å². The van der Waals surface area contributed by atoms with E-state index >= 15 is 0 Å². The topological polar surface area (TPSA) is 69.7 Å². The zero-order valence-corrected chi connectivity index (χ0v) is 11.5. The van der Waals surface area contributed by atoms with Gasteiger partial charge in [-0.15, -0.1) is 0 Å². The molecule has 2 aromatic rings. The Morgan fingerprint density at radius 3 is 2.80 bits per heavy atom. The molecule has 0 aliphatic carbocycles. The fourth-order valence-corrected chi connectivity index (χ4v) is 3.62. The van der Waals surface area contributed by atoms with E-state index in [-0.39, 0.29) is 0 Å². The van der Waals surface area contributed by atoms with Crippen molar-refractivity contribution >= 4 is 17.0 Å². The Labute approximate surface area is 118 Å². The number of imidazole rings is 1. The van der Waals surface area contributed by atoms with Crippen LogP contribution in [-0.4, -0.2) is 45.6 Å². The highest BCUT2D eigenvalue weighted by Gasteiger charge is 2.29. The van der Waals surface area contributed by atoms with Gasteiger partial charge in [-0.2, -0.15) is 0 Å². The van der Waals surface area contributed by atoms with Crippen molar-refractivity contribution in [2.24, 2.45) is 5.92 Å². The predicted octanol–water partition coefficient (Wildman–Crippen LogP) is 1.32. The molecule has 0 aromatic carbocycles. The second-order valence-electron chi connectivity index (χ2n) is 5.83. The maximum atomic E-state index is 4.45. The van der Waals surface area contributed by atoms with Crippen LogP contribution >= 0.6 is 0 Å². The summed E-state index contributed by atoms with van der Waals surface area (Å²) in [5.74, 6) is 1.83. The molecule has 2 N–H and O–H groups in total. The first-order valence-electron chi connectivity index (χ1n) is 7.54. The number of hydrogen-bond acceptors (Lipinski definition) is 5. The van der Waals surface area contributed by atoms with Crippen molar-refractivity contribution in [1.82, 2.24) is 25.3 Å². The number of piperidine rings is 1. The maximum Gasteiger partial charge on any atom is 0.182 e. The van der Waals surface area contributed by atoms with Gasteiger partial charge in [0.15, 0.2) is 11.5 Å². The Morgan fingerprint density at radius 2 is 2.00 bits per heavy atom. The molecule has 0 spiro atoms. The van der Waals surface area contributed by atoms with Crippen molar-refractivity contribution in [1.29, 1.82) is 0 Å². The van der Waals surface area contributed by atoms with Crippen LogP contribution in [0.1, 0.15) is 25.7 Å². The van der Waals surface area contributed by atoms with E-state index in [9.17, 15) is 0 Å². The van der Waals surface area contributed by atoms with Gasteiger partial charge >= 0.3 is 0 Å². The summed E-state index contributed by atoms with van der Waals surface area (Å²) in [6.45, 7) is 3.35. The van der Waals surface area contributed by atoms with Crippen LogP contribution in [0.3, 0.4) is 0 Å². The Morgan fingerprint density at radius 1 is 1.10 bits per heavy atom. The Bertz CT molecular complexity index is 580. The van der Waals surface area contributed by atoms with Crippen LogP contribution in [0.4, 0.5) is 5.82 Å². The van der Waals surface area contributed by atoms with E-state index in [0.29, 0.717) is 0 Å². The van der Waals surface area contributed by atoms with Crippen molar-refractivity contribution in [3.8, 4) is 0 Å². The molecule has 4 rings (SSSR count). The Hall–Kier alpha value is -1.69. The van der Waals surface area contributed by atoms with Gasteiger partial charge in [0.2, 0.25) is 0 Å². The van der Waals surface area contributed by atoms with Gasteiger partial charge in [-0.05, 0) is 38.1 Å². The van der Waals surface area contributed by atoms with Crippen molar-refractivity contribution in [2.45, 2.75) is 31.7 Å². The van der Waals surface area contributed by atoms with Crippen molar-refractivity contribution in [3.63, 3.8) is 0 Å². The molecule has 2 aliphatic heterocycles. The van der Waals surface area contributed by atoms with Crippen LogP contribution in [0.25, 0.3) is 11.2 Å². The molecular weight excluding hydrogens is 252 g/mol. The molecular formula is C14H20N6. The molecule has 4 heterocycles. The summed E-state index contributed by atoms with van der Waals surface area (Å²) in [4.78, 5) is 18.4. The molecule has 2 fully saturated rings. The number of aromatic amines is 1. The third-order valence-electron chi connectivity index (χ3n) is 4.71. The van der Waals surface area contributed by atoms with Crippen molar-refractivity contribution < 1.29 is 0 Å². The highest BCUT2D eigenvalue weighted by molar-refractivity contribution is 5.82. The maximum absolute atomic E-state index is 4.45. The molecule has 0 amide bonds. The van der Waals surface area contributed by atoms with Gasteiger partial charge in [-0.25, -0.2) is 15.0 Å². The third kappa shape index (κ3) is 2.04. The molecule has 0 bridgehead atoms. The molecule has 20 heavy (non-hydrogen) atoms. The summed E-state index contributed by atoms with van der Waals surface area (Å²) < 4.78 is 0. The van der Waals surface area contributed by atoms with E-state index in [2.05, 4.69) is 30.2 Å². The van der Waals surface area contributed by atoms with E-state index < -0.39 is 0 Å². The van der Waals surface area contributed by atoms with Gasteiger partial charge in [0.05, 0.1) is 6.33 Å². The van der Waals surface area contributed by atoms with Crippen LogP contribution in [0, 0.1) is 5.92 Å². The van der Waals surface area contributed by atoms with E-state index in [1.807, 2.05) is 0 Å². The first-order chi connectivity index (χ1) is 9.92. The van der Waals surface area contributed by atoms with Gasteiger partial charge in [0.1, 0.15) is 11.8 Å². The van der Waals surface area contributed by atoms with E-state index in [1.165, 1.54) is 32.2 Å². The van der Waals surface area contributed by atoms with E-state index in [0.717, 1.165) is 42.0 Å². The summed E-state index contributed by atoms with van der Waals surface area (Å²) in [6.07, 6.45) is 8.49. The van der Waals surface area contributed by atoms with E-state index in [4.69, 9.17) is 0 Å². The number of nitrogens with one attached hydrogen (secondary N) is 2.